The van der Waals surface area contributed by atoms with Gasteiger partial charge in [-0.05, 0) is 20.8 Å². The molecule has 0 aromatic carbocycles. The van der Waals surface area contributed by atoms with E-state index in [0.29, 0.717) is 0 Å². The van der Waals surface area contributed by atoms with E-state index in [1.165, 1.54) is 20.8 Å². The lowest BCUT2D eigenvalue weighted by molar-refractivity contribution is -0.197. The average molecular weight is 280 g/mol. The Morgan fingerprint density at radius 1 is 1.05 bits per heavy atom. The van der Waals surface area contributed by atoms with E-state index in [-0.39, 0.29) is 19.4 Å². The summed E-state index contributed by atoms with van der Waals surface area (Å²) in [6, 6.07) is 0. The van der Waals surface area contributed by atoms with Gasteiger partial charge in [-0.15, -0.1) is 0 Å². The van der Waals surface area contributed by atoms with Gasteiger partial charge in [0.15, 0.2) is 5.60 Å². The second-order valence-corrected chi connectivity index (χ2v) is 5.01. The minimum Gasteiger partial charge on any atom is -0.479 e. The van der Waals surface area contributed by atoms with Crippen LogP contribution >= 0.6 is 0 Å². The highest BCUT2D eigenvalue weighted by molar-refractivity contribution is 5.78. The van der Waals surface area contributed by atoms with Crippen LogP contribution in [-0.2, 0) is 9.53 Å². The van der Waals surface area contributed by atoms with Gasteiger partial charge in [0.25, 0.3) is 0 Å². The fourth-order valence-corrected chi connectivity index (χ4v) is 1.80. The van der Waals surface area contributed by atoms with Crippen LogP contribution in [0.1, 0.15) is 33.6 Å². The van der Waals surface area contributed by atoms with Gasteiger partial charge in [0.1, 0.15) is 0 Å². The molecule has 0 aromatic heterocycles. The van der Waals surface area contributed by atoms with E-state index >= 15 is 0 Å². The molecule has 4 unspecified atom stereocenters. The van der Waals surface area contributed by atoms with Gasteiger partial charge < -0.3 is 30.3 Å². The van der Waals surface area contributed by atoms with Crippen molar-refractivity contribution in [3.63, 3.8) is 0 Å². The molecule has 5 atom stereocenters. The quantitative estimate of drug-likeness (QED) is 0.370. The summed E-state index contributed by atoms with van der Waals surface area (Å²) in [5.41, 5.74) is -2.05. The van der Waals surface area contributed by atoms with Crippen molar-refractivity contribution in [3.8, 4) is 0 Å². The molecule has 0 aliphatic heterocycles. The van der Waals surface area contributed by atoms with E-state index in [1.807, 2.05) is 0 Å². The van der Waals surface area contributed by atoms with Crippen LogP contribution in [0.3, 0.4) is 0 Å². The molecule has 5 N–H and O–H groups in total. The molecule has 0 spiro atoms. The summed E-state index contributed by atoms with van der Waals surface area (Å²) in [5.74, 6) is -1.44. The van der Waals surface area contributed by atoms with Crippen molar-refractivity contribution in [2.75, 3.05) is 6.61 Å². The molecule has 0 bridgehead atoms. The largest absolute Gasteiger partial charge is 0.479 e. The van der Waals surface area contributed by atoms with Gasteiger partial charge in [0.05, 0.1) is 31.0 Å². The predicted octanol–water partition coefficient (Wildman–Crippen LogP) is -0.890. The zero-order chi connectivity index (χ0) is 15.2. The summed E-state index contributed by atoms with van der Waals surface area (Å²) in [7, 11) is 0. The lowest BCUT2D eigenvalue weighted by atomic mass is 9.87. The van der Waals surface area contributed by atoms with Crippen molar-refractivity contribution in [1.29, 1.82) is 0 Å². The molecule has 0 amide bonds. The lowest BCUT2D eigenvalue weighted by Gasteiger charge is -2.36. The Hall–Kier alpha value is -0.730. The Morgan fingerprint density at radius 2 is 1.58 bits per heavy atom. The first-order valence-corrected chi connectivity index (χ1v) is 6.21. The van der Waals surface area contributed by atoms with Crippen molar-refractivity contribution >= 4 is 5.97 Å². The van der Waals surface area contributed by atoms with Gasteiger partial charge >= 0.3 is 5.97 Å². The molecule has 0 aliphatic carbocycles. The van der Waals surface area contributed by atoms with Crippen LogP contribution < -0.4 is 0 Å². The fraction of sp³-hybridized carbons (Fsp3) is 0.917. The number of hydrogen-bond donors (Lipinski definition) is 5. The minimum atomic E-state index is -2.05. The van der Waals surface area contributed by atoms with Crippen LogP contribution in [0.4, 0.5) is 0 Å². The fourth-order valence-electron chi connectivity index (χ4n) is 1.80. The highest BCUT2D eigenvalue weighted by atomic mass is 16.5. The first-order valence-electron chi connectivity index (χ1n) is 6.21. The monoisotopic (exact) mass is 280 g/mol. The molecule has 7 nitrogen and oxygen atoms in total. The van der Waals surface area contributed by atoms with Crippen LogP contribution in [0.2, 0.25) is 0 Å². The van der Waals surface area contributed by atoms with Crippen LogP contribution in [0.25, 0.3) is 0 Å². The van der Waals surface area contributed by atoms with Gasteiger partial charge in [-0.2, -0.15) is 0 Å². The van der Waals surface area contributed by atoms with Gasteiger partial charge in [-0.3, -0.25) is 0 Å². The highest BCUT2D eigenvalue weighted by Crippen LogP contribution is 2.27. The van der Waals surface area contributed by atoms with Crippen molar-refractivity contribution in [2.24, 2.45) is 0 Å². The molecule has 0 heterocycles. The number of carbonyl (C=O) groups is 1. The molecule has 0 saturated heterocycles. The first-order chi connectivity index (χ1) is 8.61. The van der Waals surface area contributed by atoms with E-state index in [9.17, 15) is 30.3 Å². The smallest absolute Gasteiger partial charge is 0.338 e. The van der Waals surface area contributed by atoms with E-state index in [0.717, 1.165) is 0 Å². The van der Waals surface area contributed by atoms with E-state index in [4.69, 9.17) is 4.74 Å². The molecule has 7 heteroatoms. The summed E-state index contributed by atoms with van der Waals surface area (Å²) >= 11 is 0. The van der Waals surface area contributed by atoms with E-state index in [1.54, 1.807) is 0 Å². The zero-order valence-corrected chi connectivity index (χ0v) is 11.5. The molecule has 0 fully saturated rings. The Bertz CT molecular complexity index is 277. The third-order valence-electron chi connectivity index (χ3n) is 2.65. The number of ether oxygens (including phenoxy) is 1. The third-order valence-corrected chi connectivity index (χ3v) is 2.65. The molecule has 19 heavy (non-hydrogen) atoms. The van der Waals surface area contributed by atoms with Crippen molar-refractivity contribution < 1.29 is 35.1 Å². The maximum atomic E-state index is 11.4. The summed E-state index contributed by atoms with van der Waals surface area (Å²) in [6.45, 7) is 3.90. The SMILES string of the molecule is CC(O)CO[C@](CC(C)O)(C(=O)O)C(O)CC(C)O. The Kier molecular flexibility index (Phi) is 7.46. The maximum Gasteiger partial charge on any atom is 0.338 e. The number of aliphatic carboxylic acids is 1. The summed E-state index contributed by atoms with van der Waals surface area (Å²) < 4.78 is 5.16. The van der Waals surface area contributed by atoms with Gasteiger partial charge in [0, 0.05) is 12.8 Å². The van der Waals surface area contributed by atoms with E-state index < -0.39 is 36.0 Å². The summed E-state index contributed by atoms with van der Waals surface area (Å²) in [5, 5.41) is 47.2. The second kappa shape index (κ2) is 7.76. The zero-order valence-electron chi connectivity index (χ0n) is 11.5. The minimum absolute atomic E-state index is 0.209. The second-order valence-electron chi connectivity index (χ2n) is 5.01. The molecular formula is C12H24O7. The van der Waals surface area contributed by atoms with Crippen molar-refractivity contribution in [3.05, 3.63) is 0 Å². The Balaban J connectivity index is 5.17. The van der Waals surface area contributed by atoms with Gasteiger partial charge in [0.2, 0.25) is 0 Å². The number of aliphatic hydroxyl groups is 4. The Morgan fingerprint density at radius 3 is 1.89 bits per heavy atom. The number of carboxylic acids is 1. The van der Waals surface area contributed by atoms with Crippen molar-refractivity contribution in [1.82, 2.24) is 0 Å². The standard InChI is InChI=1S/C12H24O7/c1-7(13)4-10(16)12(11(17)18,5-8(2)14)19-6-9(3)15/h7-10,13-16H,4-6H2,1-3H3,(H,17,18)/t7?,8?,9?,10?,12-/m0/s1. The number of aliphatic hydroxyl groups excluding tert-OH is 4. The maximum absolute atomic E-state index is 11.4. The molecule has 0 aromatic rings. The van der Waals surface area contributed by atoms with Gasteiger partial charge in [-0.25, -0.2) is 4.79 Å². The molecular weight excluding hydrogens is 256 g/mol. The summed E-state index contributed by atoms with van der Waals surface area (Å²) in [6.07, 6.45) is -4.90. The topological polar surface area (TPSA) is 127 Å². The van der Waals surface area contributed by atoms with Crippen LogP contribution in [0, 0.1) is 0 Å². The number of carboxylic acid groups (broad SMARTS) is 1. The molecule has 0 rings (SSSR count). The van der Waals surface area contributed by atoms with Crippen LogP contribution in [-0.4, -0.2) is 68.1 Å². The first kappa shape index (κ1) is 18.3. The lowest BCUT2D eigenvalue weighted by Crippen LogP contribution is -2.55. The summed E-state index contributed by atoms with van der Waals surface area (Å²) in [4.78, 5) is 11.4. The molecule has 0 radical (unpaired) electrons. The van der Waals surface area contributed by atoms with Crippen LogP contribution in [0.15, 0.2) is 0 Å². The number of hydrogen-bond acceptors (Lipinski definition) is 6. The molecule has 0 aliphatic rings. The van der Waals surface area contributed by atoms with E-state index in [2.05, 4.69) is 0 Å². The predicted molar refractivity (Wildman–Crippen MR) is 66.6 cm³/mol. The number of rotatable bonds is 9. The molecule has 114 valence electrons. The normalized spacial score (nSPS) is 21.2. The van der Waals surface area contributed by atoms with Crippen LogP contribution in [0.5, 0.6) is 0 Å². The Labute approximate surface area is 112 Å². The van der Waals surface area contributed by atoms with Crippen molar-refractivity contribution in [2.45, 2.75) is 63.6 Å². The average Bonchev–Trinajstić information content (AvgIpc) is 2.21. The third kappa shape index (κ3) is 5.84. The highest BCUT2D eigenvalue weighted by Gasteiger charge is 2.48. The molecule has 0 saturated carbocycles. The van der Waals surface area contributed by atoms with Gasteiger partial charge in [-0.1, -0.05) is 0 Å².